The molecule has 0 saturated carbocycles. The van der Waals surface area contributed by atoms with Crippen LogP contribution in [0.3, 0.4) is 0 Å². The minimum atomic E-state index is -0.283. The zero-order valence-electron chi connectivity index (χ0n) is 12.7. The van der Waals surface area contributed by atoms with Crippen LogP contribution in [0.4, 0.5) is 4.39 Å². The molecule has 0 fully saturated rings. The van der Waals surface area contributed by atoms with Crippen LogP contribution in [0, 0.1) is 5.82 Å². The van der Waals surface area contributed by atoms with E-state index in [2.05, 4.69) is 10.3 Å². The molecule has 3 aromatic rings. The molecule has 1 amide bonds. The molecule has 24 heavy (non-hydrogen) atoms. The lowest BCUT2D eigenvalue weighted by Gasteiger charge is -2.08. The number of hydrogen-bond donors (Lipinski definition) is 2. The Kier molecular flexibility index (Phi) is 5.25. The Bertz CT molecular complexity index is 822. The quantitative estimate of drug-likeness (QED) is 0.534. The van der Waals surface area contributed by atoms with Gasteiger partial charge in [0, 0.05) is 10.5 Å². The fourth-order valence-corrected chi connectivity index (χ4v) is 2.73. The largest absolute Gasteiger partial charge is 0.277 e. The van der Waals surface area contributed by atoms with Crippen molar-refractivity contribution in [2.45, 2.75) is 4.90 Å². The van der Waals surface area contributed by atoms with Crippen molar-refractivity contribution in [1.82, 2.24) is 10.3 Å². The lowest BCUT2D eigenvalue weighted by atomic mass is 10.0. The average molecular weight is 338 g/mol. The molecule has 2 N–H and O–H groups in total. The van der Waals surface area contributed by atoms with Gasteiger partial charge >= 0.3 is 0 Å². The van der Waals surface area contributed by atoms with Crippen molar-refractivity contribution in [3.8, 4) is 11.1 Å². The van der Waals surface area contributed by atoms with Crippen LogP contribution in [-0.4, -0.2) is 5.91 Å². The number of hydrazine groups is 1. The molecule has 5 heteroatoms. The smallest absolute Gasteiger partial charge is 0.266 e. The van der Waals surface area contributed by atoms with E-state index in [-0.39, 0.29) is 11.7 Å². The van der Waals surface area contributed by atoms with Crippen molar-refractivity contribution >= 4 is 17.9 Å². The van der Waals surface area contributed by atoms with E-state index in [9.17, 15) is 9.18 Å². The summed E-state index contributed by atoms with van der Waals surface area (Å²) < 4.78 is 13.0. The molecule has 0 spiro atoms. The highest BCUT2D eigenvalue weighted by Crippen LogP contribution is 2.21. The Morgan fingerprint density at radius 1 is 0.833 bits per heavy atom. The molecule has 3 nitrogen and oxygen atoms in total. The second-order valence-corrected chi connectivity index (χ2v) is 5.94. The van der Waals surface area contributed by atoms with Crippen molar-refractivity contribution in [2.75, 3.05) is 0 Å². The molecule has 0 radical (unpaired) electrons. The van der Waals surface area contributed by atoms with E-state index in [0.717, 1.165) is 16.0 Å². The fourth-order valence-electron chi connectivity index (χ4n) is 2.17. The molecule has 0 aliphatic carbocycles. The number of halogens is 1. The van der Waals surface area contributed by atoms with E-state index >= 15 is 0 Å². The lowest BCUT2D eigenvalue weighted by molar-refractivity contribution is 0.0947. The average Bonchev–Trinajstić information content (AvgIpc) is 2.63. The molecule has 0 unspecified atom stereocenters. The minimum absolute atomic E-state index is 0.234. The molecule has 0 bridgehead atoms. The topological polar surface area (TPSA) is 41.1 Å². The van der Waals surface area contributed by atoms with E-state index in [1.54, 1.807) is 30.3 Å². The van der Waals surface area contributed by atoms with Gasteiger partial charge in [0.25, 0.3) is 5.91 Å². The first-order valence-electron chi connectivity index (χ1n) is 7.35. The van der Waals surface area contributed by atoms with Crippen LogP contribution >= 0.6 is 11.9 Å². The van der Waals surface area contributed by atoms with Gasteiger partial charge in [-0.25, -0.2) is 4.39 Å². The predicted octanol–water partition coefficient (Wildman–Crippen LogP) is 4.43. The molecule has 0 heterocycles. The molecule has 120 valence electrons. The van der Waals surface area contributed by atoms with Gasteiger partial charge in [0.15, 0.2) is 0 Å². The molecule has 0 aliphatic heterocycles. The number of rotatable bonds is 5. The number of benzene rings is 3. The van der Waals surface area contributed by atoms with Crippen molar-refractivity contribution in [3.63, 3.8) is 0 Å². The Labute approximate surface area is 144 Å². The third-order valence-corrected chi connectivity index (χ3v) is 4.09. The van der Waals surface area contributed by atoms with Crippen LogP contribution in [0.25, 0.3) is 11.1 Å². The molecule has 0 aromatic heterocycles. The van der Waals surface area contributed by atoms with Crippen LogP contribution < -0.4 is 10.3 Å². The Hall–Kier alpha value is -2.63. The summed E-state index contributed by atoms with van der Waals surface area (Å²) in [6.45, 7) is 0. The summed E-state index contributed by atoms with van der Waals surface area (Å²) in [6.07, 6.45) is 0. The van der Waals surface area contributed by atoms with Gasteiger partial charge in [0.2, 0.25) is 0 Å². The van der Waals surface area contributed by atoms with Gasteiger partial charge in [-0.2, -0.15) is 4.83 Å². The molecule has 3 aromatic carbocycles. The predicted molar refractivity (Wildman–Crippen MR) is 94.7 cm³/mol. The lowest BCUT2D eigenvalue weighted by Crippen LogP contribution is -2.32. The highest BCUT2D eigenvalue weighted by Gasteiger charge is 2.07. The third-order valence-electron chi connectivity index (χ3n) is 3.38. The molecular weight excluding hydrogens is 323 g/mol. The zero-order chi connectivity index (χ0) is 16.8. The third kappa shape index (κ3) is 4.22. The van der Waals surface area contributed by atoms with E-state index in [1.807, 2.05) is 36.4 Å². The fraction of sp³-hybridized carbons (Fsp3) is 0. The second-order valence-electron chi connectivity index (χ2n) is 5.06. The summed E-state index contributed by atoms with van der Waals surface area (Å²) in [6, 6.07) is 23.1. The number of carbonyl (C=O) groups is 1. The summed E-state index contributed by atoms with van der Waals surface area (Å²) in [5, 5.41) is 0. The maximum absolute atomic E-state index is 13.0. The van der Waals surface area contributed by atoms with Gasteiger partial charge < -0.3 is 0 Å². The van der Waals surface area contributed by atoms with Gasteiger partial charge in [0.05, 0.1) is 0 Å². The van der Waals surface area contributed by atoms with Crippen LogP contribution in [0.5, 0.6) is 0 Å². The SMILES string of the molecule is O=C(NNSc1ccccc1)c1cccc(-c2ccc(F)cc2)c1. The maximum atomic E-state index is 13.0. The zero-order valence-corrected chi connectivity index (χ0v) is 13.5. The summed E-state index contributed by atoms with van der Waals surface area (Å²) in [4.78, 5) is 16.1. The highest BCUT2D eigenvalue weighted by molar-refractivity contribution is 7.97. The van der Waals surface area contributed by atoms with Crippen molar-refractivity contribution in [2.24, 2.45) is 0 Å². The van der Waals surface area contributed by atoms with E-state index < -0.39 is 0 Å². The second kappa shape index (κ2) is 7.77. The van der Waals surface area contributed by atoms with Crippen LogP contribution in [-0.2, 0) is 0 Å². The molecular formula is C19H15FN2OS. The first-order valence-corrected chi connectivity index (χ1v) is 8.17. The Morgan fingerprint density at radius 2 is 1.58 bits per heavy atom. The summed E-state index contributed by atoms with van der Waals surface area (Å²) in [5.41, 5.74) is 4.89. The monoisotopic (exact) mass is 338 g/mol. The summed E-state index contributed by atoms with van der Waals surface area (Å²) in [5.74, 6) is -0.517. The normalized spacial score (nSPS) is 10.4. The van der Waals surface area contributed by atoms with Crippen molar-refractivity contribution in [1.29, 1.82) is 0 Å². The molecule has 0 aliphatic rings. The molecule has 0 saturated heterocycles. The van der Waals surface area contributed by atoms with E-state index in [0.29, 0.717) is 5.56 Å². The molecule has 3 rings (SSSR count). The summed E-state index contributed by atoms with van der Waals surface area (Å²) >= 11 is 1.32. The number of amides is 1. The van der Waals surface area contributed by atoms with Crippen LogP contribution in [0.1, 0.15) is 10.4 Å². The Balaban J connectivity index is 1.65. The van der Waals surface area contributed by atoms with Gasteiger partial charge in [-0.05, 0) is 59.5 Å². The van der Waals surface area contributed by atoms with Gasteiger partial charge in [-0.3, -0.25) is 10.2 Å². The summed E-state index contributed by atoms with van der Waals surface area (Å²) in [7, 11) is 0. The van der Waals surface area contributed by atoms with E-state index in [1.165, 1.54) is 24.1 Å². The maximum Gasteiger partial charge on any atom is 0.266 e. The van der Waals surface area contributed by atoms with Crippen molar-refractivity contribution < 1.29 is 9.18 Å². The first-order chi connectivity index (χ1) is 11.7. The first kappa shape index (κ1) is 16.2. The number of hydrogen-bond acceptors (Lipinski definition) is 3. The standard InChI is InChI=1S/C19H15FN2OS/c20-17-11-9-14(10-12-17)15-5-4-6-16(13-15)19(23)21-22-24-18-7-2-1-3-8-18/h1-13,22H,(H,21,23). The number of carbonyl (C=O) groups excluding carboxylic acids is 1. The van der Waals surface area contributed by atoms with E-state index in [4.69, 9.17) is 0 Å². The van der Waals surface area contributed by atoms with Gasteiger partial charge in [0.1, 0.15) is 5.82 Å². The van der Waals surface area contributed by atoms with Gasteiger partial charge in [-0.1, -0.05) is 42.5 Å². The Morgan fingerprint density at radius 3 is 2.33 bits per heavy atom. The molecule has 0 atom stereocenters. The number of nitrogens with one attached hydrogen (secondary N) is 2. The minimum Gasteiger partial charge on any atom is -0.277 e. The van der Waals surface area contributed by atoms with Crippen LogP contribution in [0.2, 0.25) is 0 Å². The van der Waals surface area contributed by atoms with Crippen LogP contribution in [0.15, 0.2) is 83.8 Å². The van der Waals surface area contributed by atoms with Gasteiger partial charge in [-0.15, -0.1) is 0 Å². The highest BCUT2D eigenvalue weighted by atomic mass is 32.2. The van der Waals surface area contributed by atoms with Crippen molar-refractivity contribution in [3.05, 3.63) is 90.2 Å².